The number of carbonyl (C=O) groups excluding carboxylic acids is 1. The summed E-state index contributed by atoms with van der Waals surface area (Å²) < 4.78 is 26.0. The number of nitrogens with one attached hydrogen (secondary N) is 2. The van der Waals surface area contributed by atoms with Gasteiger partial charge in [-0.2, -0.15) is 0 Å². The molecule has 0 saturated carbocycles. The van der Waals surface area contributed by atoms with Crippen molar-refractivity contribution in [3.63, 3.8) is 0 Å². The first-order chi connectivity index (χ1) is 9.69. The van der Waals surface area contributed by atoms with Crippen LogP contribution in [0, 0.1) is 6.92 Å². The molecule has 1 amide bonds. The van der Waals surface area contributed by atoms with E-state index in [9.17, 15) is 18.0 Å². The van der Waals surface area contributed by atoms with E-state index < -0.39 is 21.2 Å². The second-order valence-electron chi connectivity index (χ2n) is 4.52. The molecule has 21 heavy (non-hydrogen) atoms. The van der Waals surface area contributed by atoms with Crippen LogP contribution in [0.3, 0.4) is 0 Å². The number of hydrogen-bond donors (Lipinski definition) is 3. The van der Waals surface area contributed by atoms with Crippen LogP contribution < -0.4 is 10.0 Å². The van der Waals surface area contributed by atoms with Gasteiger partial charge in [0.15, 0.2) is 5.25 Å². The Labute approximate surface area is 123 Å². The summed E-state index contributed by atoms with van der Waals surface area (Å²) in [5.74, 6) is -1.77. The normalized spacial score (nSPS) is 12.5. The standard InChI is InChI=1S/C13H18N2O5S/c1-4-14-12(16)10-6-5-8(2)11(7-10)15-21(19,20)9(3)13(17)18/h5-7,9,15H,4H2,1-3H3,(H,14,16)(H,17,18). The maximum absolute atomic E-state index is 11.9. The van der Waals surface area contributed by atoms with Gasteiger partial charge in [0.25, 0.3) is 5.91 Å². The molecule has 1 aromatic carbocycles. The van der Waals surface area contributed by atoms with E-state index in [-0.39, 0.29) is 11.6 Å². The molecule has 1 rings (SSSR count). The Morgan fingerprint density at radius 1 is 1.33 bits per heavy atom. The molecule has 0 fully saturated rings. The van der Waals surface area contributed by atoms with Crippen molar-refractivity contribution in [3.05, 3.63) is 29.3 Å². The van der Waals surface area contributed by atoms with Gasteiger partial charge in [0.2, 0.25) is 10.0 Å². The first-order valence-corrected chi connectivity index (χ1v) is 7.87. The lowest BCUT2D eigenvalue weighted by atomic mass is 10.1. The lowest BCUT2D eigenvalue weighted by molar-refractivity contribution is -0.136. The first kappa shape index (κ1) is 17.0. The average molecular weight is 314 g/mol. The van der Waals surface area contributed by atoms with E-state index in [2.05, 4.69) is 10.0 Å². The highest BCUT2D eigenvalue weighted by atomic mass is 32.2. The van der Waals surface area contributed by atoms with Crippen molar-refractivity contribution in [2.45, 2.75) is 26.0 Å². The fourth-order valence-corrected chi connectivity index (χ4v) is 2.48. The Bertz CT molecular complexity index is 655. The van der Waals surface area contributed by atoms with E-state index in [1.165, 1.54) is 6.07 Å². The third-order valence-corrected chi connectivity index (χ3v) is 4.54. The fourth-order valence-electron chi connectivity index (χ4n) is 1.51. The van der Waals surface area contributed by atoms with Gasteiger partial charge < -0.3 is 10.4 Å². The number of rotatable bonds is 6. The molecule has 0 aliphatic heterocycles. The third kappa shape index (κ3) is 4.19. The molecule has 1 aromatic rings. The molecule has 0 saturated heterocycles. The van der Waals surface area contributed by atoms with Gasteiger partial charge in [0, 0.05) is 12.1 Å². The topological polar surface area (TPSA) is 113 Å². The number of aliphatic carboxylic acids is 1. The van der Waals surface area contributed by atoms with Crippen LogP contribution in [0.2, 0.25) is 0 Å². The molecule has 0 heterocycles. The van der Waals surface area contributed by atoms with Crippen molar-refractivity contribution >= 4 is 27.6 Å². The molecule has 0 aliphatic rings. The maximum atomic E-state index is 11.9. The molecule has 0 aromatic heterocycles. The van der Waals surface area contributed by atoms with Crippen molar-refractivity contribution < 1.29 is 23.1 Å². The summed E-state index contributed by atoms with van der Waals surface area (Å²) in [7, 11) is -4.07. The van der Waals surface area contributed by atoms with Gasteiger partial charge in [-0.1, -0.05) is 6.07 Å². The van der Waals surface area contributed by atoms with Gasteiger partial charge >= 0.3 is 5.97 Å². The van der Waals surface area contributed by atoms with E-state index in [0.29, 0.717) is 17.7 Å². The van der Waals surface area contributed by atoms with Crippen molar-refractivity contribution in [2.24, 2.45) is 0 Å². The molecule has 116 valence electrons. The highest BCUT2D eigenvalue weighted by Crippen LogP contribution is 2.19. The van der Waals surface area contributed by atoms with Gasteiger partial charge in [-0.3, -0.25) is 14.3 Å². The van der Waals surface area contributed by atoms with Gasteiger partial charge in [-0.15, -0.1) is 0 Å². The molecule has 0 radical (unpaired) electrons. The van der Waals surface area contributed by atoms with Crippen LogP contribution in [-0.4, -0.2) is 37.2 Å². The molecule has 1 atom stereocenters. The number of benzene rings is 1. The molecule has 0 aliphatic carbocycles. The van der Waals surface area contributed by atoms with Gasteiger partial charge in [-0.25, -0.2) is 8.42 Å². The monoisotopic (exact) mass is 314 g/mol. The summed E-state index contributed by atoms with van der Waals surface area (Å²) in [4.78, 5) is 22.5. The van der Waals surface area contributed by atoms with E-state index >= 15 is 0 Å². The number of carboxylic acids is 1. The van der Waals surface area contributed by atoms with E-state index in [4.69, 9.17) is 5.11 Å². The van der Waals surface area contributed by atoms with Crippen molar-refractivity contribution in [2.75, 3.05) is 11.3 Å². The van der Waals surface area contributed by atoms with Crippen LogP contribution in [0.4, 0.5) is 5.69 Å². The highest BCUT2D eigenvalue weighted by molar-refractivity contribution is 7.94. The minimum absolute atomic E-state index is 0.187. The van der Waals surface area contributed by atoms with Gasteiger partial charge in [-0.05, 0) is 38.5 Å². The quantitative estimate of drug-likeness (QED) is 0.724. The molecule has 1 unspecified atom stereocenters. The summed E-state index contributed by atoms with van der Waals surface area (Å²) in [6.07, 6.45) is 0. The minimum Gasteiger partial charge on any atom is -0.480 e. The predicted octanol–water partition coefficient (Wildman–Crippen LogP) is 0.960. The Morgan fingerprint density at radius 2 is 1.95 bits per heavy atom. The lowest BCUT2D eigenvalue weighted by Crippen LogP contribution is -2.32. The lowest BCUT2D eigenvalue weighted by Gasteiger charge is -2.14. The summed E-state index contributed by atoms with van der Waals surface area (Å²) in [6, 6.07) is 4.54. The molecular formula is C13H18N2O5S. The fraction of sp³-hybridized carbons (Fsp3) is 0.385. The molecular weight excluding hydrogens is 296 g/mol. The number of hydrogen-bond acceptors (Lipinski definition) is 4. The molecule has 0 bridgehead atoms. The first-order valence-electron chi connectivity index (χ1n) is 6.32. The zero-order valence-corrected chi connectivity index (χ0v) is 12.8. The SMILES string of the molecule is CCNC(=O)c1ccc(C)c(NS(=O)(=O)C(C)C(=O)O)c1. The predicted molar refractivity (Wildman–Crippen MR) is 78.8 cm³/mol. The molecule has 3 N–H and O–H groups in total. The van der Waals surface area contributed by atoms with Crippen LogP contribution in [0.15, 0.2) is 18.2 Å². The second kappa shape index (κ2) is 6.57. The summed E-state index contributed by atoms with van der Waals surface area (Å²) in [5.41, 5.74) is 1.07. The minimum atomic E-state index is -4.07. The summed E-state index contributed by atoms with van der Waals surface area (Å²) >= 11 is 0. The average Bonchev–Trinajstić information content (AvgIpc) is 2.40. The Balaban J connectivity index is 3.11. The number of sulfonamides is 1. The smallest absolute Gasteiger partial charge is 0.323 e. The zero-order chi connectivity index (χ0) is 16.2. The molecule has 0 spiro atoms. The number of carboxylic acid groups (broad SMARTS) is 1. The summed E-state index contributed by atoms with van der Waals surface area (Å²) in [6.45, 7) is 4.95. The number of anilines is 1. The number of carbonyl (C=O) groups is 2. The van der Waals surface area contributed by atoms with E-state index in [1.54, 1.807) is 26.0 Å². The van der Waals surface area contributed by atoms with Crippen LogP contribution in [-0.2, 0) is 14.8 Å². The second-order valence-corrected chi connectivity index (χ2v) is 6.52. The maximum Gasteiger partial charge on any atom is 0.323 e. The van der Waals surface area contributed by atoms with E-state index in [1.807, 2.05) is 0 Å². The van der Waals surface area contributed by atoms with Crippen LogP contribution in [0.5, 0.6) is 0 Å². The van der Waals surface area contributed by atoms with E-state index in [0.717, 1.165) is 6.92 Å². The Hall–Kier alpha value is -2.09. The number of aryl methyl sites for hydroxylation is 1. The third-order valence-electron chi connectivity index (χ3n) is 2.90. The Kier molecular flexibility index (Phi) is 5.31. The van der Waals surface area contributed by atoms with Crippen LogP contribution in [0.25, 0.3) is 0 Å². The molecule has 7 nitrogen and oxygen atoms in total. The zero-order valence-electron chi connectivity index (χ0n) is 12.0. The van der Waals surface area contributed by atoms with Gasteiger partial charge in [0.05, 0.1) is 5.69 Å². The van der Waals surface area contributed by atoms with Crippen molar-refractivity contribution in [3.8, 4) is 0 Å². The van der Waals surface area contributed by atoms with Crippen LogP contribution in [0.1, 0.15) is 29.8 Å². The highest BCUT2D eigenvalue weighted by Gasteiger charge is 2.28. The van der Waals surface area contributed by atoms with Crippen LogP contribution >= 0.6 is 0 Å². The van der Waals surface area contributed by atoms with Crippen molar-refractivity contribution in [1.82, 2.24) is 5.32 Å². The summed E-state index contributed by atoms with van der Waals surface area (Å²) in [5, 5.41) is 9.80. The molecule has 8 heteroatoms. The number of amides is 1. The largest absolute Gasteiger partial charge is 0.480 e. The Morgan fingerprint density at radius 3 is 2.48 bits per heavy atom. The van der Waals surface area contributed by atoms with Crippen molar-refractivity contribution in [1.29, 1.82) is 0 Å². The van der Waals surface area contributed by atoms with Gasteiger partial charge in [0.1, 0.15) is 0 Å².